The number of carbonyl (C=O) groups is 3. The summed E-state index contributed by atoms with van der Waals surface area (Å²) < 4.78 is 4.81. The van der Waals surface area contributed by atoms with Crippen molar-refractivity contribution >= 4 is 34.9 Å². The van der Waals surface area contributed by atoms with Crippen molar-refractivity contribution < 1.29 is 19.1 Å². The number of amides is 3. The molecule has 1 unspecified atom stereocenters. The van der Waals surface area contributed by atoms with E-state index >= 15 is 0 Å². The van der Waals surface area contributed by atoms with E-state index in [2.05, 4.69) is 20.8 Å². The smallest absolute Gasteiger partial charge is 0.325 e. The third-order valence-electron chi connectivity index (χ3n) is 4.43. The highest BCUT2D eigenvalue weighted by atomic mass is 32.1. The molecule has 1 aromatic heterocycles. The second-order valence-electron chi connectivity index (χ2n) is 6.58. The maximum atomic E-state index is 12.4. The highest BCUT2D eigenvalue weighted by Gasteiger charge is 2.33. The standard InChI is InChI=1S/C19H23N5O4S/c1-3-28-15(25)11-20-19(27)24-10-4-5-14(24)17-22-23-18(29-17)16(26)21-13-8-6-12(2)7-9-13/h6-9,14H,3-5,10-11H2,1-2H3,(H,20,27)(H,21,26). The zero-order chi connectivity index (χ0) is 20.8. The van der Waals surface area contributed by atoms with Gasteiger partial charge in [0.15, 0.2) is 0 Å². The Kier molecular flexibility index (Phi) is 6.76. The number of esters is 1. The van der Waals surface area contributed by atoms with Crippen LogP contribution in [-0.4, -0.2) is 52.7 Å². The molecule has 0 radical (unpaired) electrons. The summed E-state index contributed by atoms with van der Waals surface area (Å²) in [5.41, 5.74) is 1.78. The first-order chi connectivity index (χ1) is 14.0. The molecular weight excluding hydrogens is 394 g/mol. The molecule has 29 heavy (non-hydrogen) atoms. The van der Waals surface area contributed by atoms with Crippen LogP contribution in [0.4, 0.5) is 10.5 Å². The molecule has 1 aliphatic rings. The number of carbonyl (C=O) groups excluding carboxylic acids is 3. The number of aromatic nitrogens is 2. The van der Waals surface area contributed by atoms with Gasteiger partial charge in [0.25, 0.3) is 5.91 Å². The van der Waals surface area contributed by atoms with E-state index in [4.69, 9.17) is 4.74 Å². The van der Waals surface area contributed by atoms with E-state index in [1.54, 1.807) is 11.8 Å². The van der Waals surface area contributed by atoms with Crippen molar-refractivity contribution in [2.24, 2.45) is 0 Å². The number of nitrogens with one attached hydrogen (secondary N) is 2. The Morgan fingerprint density at radius 2 is 2.00 bits per heavy atom. The van der Waals surface area contributed by atoms with Gasteiger partial charge in [-0.1, -0.05) is 29.0 Å². The number of rotatable bonds is 6. The van der Waals surface area contributed by atoms with Gasteiger partial charge < -0.3 is 20.3 Å². The van der Waals surface area contributed by atoms with Crippen LogP contribution in [0.15, 0.2) is 24.3 Å². The average Bonchev–Trinajstić information content (AvgIpc) is 3.37. The van der Waals surface area contributed by atoms with Crippen LogP contribution in [-0.2, 0) is 9.53 Å². The fourth-order valence-corrected chi connectivity index (χ4v) is 3.90. The molecule has 0 spiro atoms. The number of nitrogens with zero attached hydrogens (tertiary/aromatic N) is 3. The lowest BCUT2D eigenvalue weighted by Gasteiger charge is -2.22. The van der Waals surface area contributed by atoms with Gasteiger partial charge in [-0.25, -0.2) is 4.79 Å². The zero-order valence-electron chi connectivity index (χ0n) is 16.3. The Morgan fingerprint density at radius 1 is 1.24 bits per heavy atom. The van der Waals surface area contributed by atoms with E-state index in [0.29, 0.717) is 17.2 Å². The lowest BCUT2D eigenvalue weighted by molar-refractivity contribution is -0.141. The number of likely N-dealkylation sites (tertiary alicyclic amines) is 1. The van der Waals surface area contributed by atoms with Crippen LogP contribution in [0.2, 0.25) is 0 Å². The molecule has 1 aliphatic heterocycles. The van der Waals surface area contributed by atoms with Crippen molar-refractivity contribution in [2.75, 3.05) is 25.0 Å². The molecule has 0 saturated carbocycles. The predicted molar refractivity (Wildman–Crippen MR) is 108 cm³/mol. The van der Waals surface area contributed by atoms with Crippen molar-refractivity contribution in [2.45, 2.75) is 32.7 Å². The third-order valence-corrected chi connectivity index (χ3v) is 5.46. The first kappa shape index (κ1) is 20.7. The Hall–Kier alpha value is -3.01. The quantitative estimate of drug-likeness (QED) is 0.698. The van der Waals surface area contributed by atoms with Crippen molar-refractivity contribution in [3.63, 3.8) is 0 Å². The van der Waals surface area contributed by atoms with Crippen LogP contribution in [0, 0.1) is 6.92 Å². The van der Waals surface area contributed by atoms with E-state index in [1.807, 2.05) is 31.2 Å². The van der Waals surface area contributed by atoms with Crippen molar-refractivity contribution in [1.29, 1.82) is 0 Å². The van der Waals surface area contributed by atoms with E-state index in [-0.39, 0.29) is 36.1 Å². The SMILES string of the molecule is CCOC(=O)CNC(=O)N1CCCC1c1nnc(C(=O)Nc2ccc(C)cc2)s1. The number of anilines is 1. The first-order valence-corrected chi connectivity index (χ1v) is 10.2. The largest absolute Gasteiger partial charge is 0.465 e. The highest BCUT2D eigenvalue weighted by Crippen LogP contribution is 2.33. The molecule has 1 atom stereocenters. The summed E-state index contributed by atoms with van der Waals surface area (Å²) in [5, 5.41) is 14.3. The van der Waals surface area contributed by atoms with Gasteiger partial charge in [-0.2, -0.15) is 0 Å². The number of benzene rings is 1. The summed E-state index contributed by atoms with van der Waals surface area (Å²) in [6.45, 7) is 4.30. The van der Waals surface area contributed by atoms with E-state index in [1.165, 1.54) is 11.3 Å². The average molecular weight is 417 g/mol. The molecule has 0 bridgehead atoms. The minimum Gasteiger partial charge on any atom is -0.465 e. The number of aryl methyl sites for hydroxylation is 1. The fraction of sp³-hybridized carbons (Fsp3) is 0.421. The molecule has 10 heteroatoms. The normalized spacial score (nSPS) is 15.8. The Labute approximate surface area is 172 Å². The van der Waals surface area contributed by atoms with Crippen LogP contribution < -0.4 is 10.6 Å². The van der Waals surface area contributed by atoms with Crippen molar-refractivity contribution in [1.82, 2.24) is 20.4 Å². The van der Waals surface area contributed by atoms with Gasteiger partial charge in [0.2, 0.25) is 5.01 Å². The maximum Gasteiger partial charge on any atom is 0.325 e. The molecule has 2 aromatic rings. The zero-order valence-corrected chi connectivity index (χ0v) is 17.1. The lowest BCUT2D eigenvalue weighted by atomic mass is 10.2. The third kappa shape index (κ3) is 5.29. The van der Waals surface area contributed by atoms with Crippen LogP contribution >= 0.6 is 11.3 Å². The second-order valence-corrected chi connectivity index (χ2v) is 7.59. The van der Waals surface area contributed by atoms with E-state index < -0.39 is 5.97 Å². The van der Waals surface area contributed by atoms with Crippen LogP contribution in [0.25, 0.3) is 0 Å². The van der Waals surface area contributed by atoms with Crippen molar-refractivity contribution in [3.8, 4) is 0 Å². The van der Waals surface area contributed by atoms with Crippen LogP contribution in [0.1, 0.15) is 46.2 Å². The van der Waals surface area contributed by atoms with Gasteiger partial charge in [0, 0.05) is 12.2 Å². The number of hydrogen-bond donors (Lipinski definition) is 2. The van der Waals surface area contributed by atoms with Gasteiger partial charge in [-0.15, -0.1) is 10.2 Å². The summed E-state index contributed by atoms with van der Waals surface area (Å²) in [6.07, 6.45) is 1.53. The second kappa shape index (κ2) is 9.46. The highest BCUT2D eigenvalue weighted by molar-refractivity contribution is 7.13. The molecule has 9 nitrogen and oxygen atoms in total. The van der Waals surface area contributed by atoms with Gasteiger partial charge >= 0.3 is 12.0 Å². The number of urea groups is 1. The first-order valence-electron chi connectivity index (χ1n) is 9.39. The topological polar surface area (TPSA) is 114 Å². The molecular formula is C19H23N5O4S. The maximum absolute atomic E-state index is 12.4. The molecule has 2 heterocycles. The molecule has 3 rings (SSSR count). The fourth-order valence-electron chi connectivity index (χ4n) is 3.01. The van der Waals surface area contributed by atoms with E-state index in [9.17, 15) is 14.4 Å². The Bertz CT molecular complexity index is 883. The molecule has 0 aliphatic carbocycles. The van der Waals surface area contributed by atoms with Gasteiger partial charge in [0.05, 0.1) is 12.6 Å². The van der Waals surface area contributed by atoms with Crippen molar-refractivity contribution in [3.05, 3.63) is 39.8 Å². The predicted octanol–water partition coefficient (Wildman–Crippen LogP) is 2.51. The summed E-state index contributed by atoms with van der Waals surface area (Å²) in [7, 11) is 0. The molecule has 1 fully saturated rings. The van der Waals surface area contributed by atoms with Gasteiger partial charge in [0.1, 0.15) is 11.6 Å². The Morgan fingerprint density at radius 3 is 2.72 bits per heavy atom. The number of hydrogen-bond acceptors (Lipinski definition) is 7. The Balaban J connectivity index is 1.62. The molecule has 154 valence electrons. The molecule has 2 N–H and O–H groups in total. The van der Waals surface area contributed by atoms with Gasteiger partial charge in [-0.3, -0.25) is 9.59 Å². The minimum atomic E-state index is -0.484. The van der Waals surface area contributed by atoms with Gasteiger partial charge in [-0.05, 0) is 38.8 Å². The lowest BCUT2D eigenvalue weighted by Crippen LogP contribution is -2.42. The summed E-state index contributed by atoms with van der Waals surface area (Å²) in [4.78, 5) is 37.9. The minimum absolute atomic E-state index is 0.184. The number of ether oxygens (including phenoxy) is 1. The van der Waals surface area contributed by atoms with Crippen LogP contribution in [0.5, 0.6) is 0 Å². The van der Waals surface area contributed by atoms with E-state index in [0.717, 1.165) is 18.4 Å². The molecule has 1 saturated heterocycles. The van der Waals surface area contributed by atoms with Crippen LogP contribution in [0.3, 0.4) is 0 Å². The summed E-state index contributed by atoms with van der Waals surface area (Å²) in [6, 6.07) is 6.83. The summed E-state index contributed by atoms with van der Waals surface area (Å²) >= 11 is 1.17. The summed E-state index contributed by atoms with van der Waals surface area (Å²) in [5.74, 6) is -0.823. The molecule has 3 amide bonds. The molecule has 1 aromatic carbocycles. The monoisotopic (exact) mass is 417 g/mol.